The molecule has 2 aliphatic heterocycles. The summed E-state index contributed by atoms with van der Waals surface area (Å²) in [5.74, 6) is -2.19. The number of nitrogens with zero attached hydrogens (tertiary/aromatic N) is 1. The highest BCUT2D eigenvalue weighted by molar-refractivity contribution is 6.25. The predicted octanol–water partition coefficient (Wildman–Crippen LogP) is 0.191. The molecule has 3 rings (SSSR count). The largest absolute Gasteiger partial charge is 0.465 e. The molecule has 0 bridgehead atoms. The van der Waals surface area contributed by atoms with Crippen molar-refractivity contribution in [2.24, 2.45) is 0 Å². The van der Waals surface area contributed by atoms with E-state index >= 15 is 0 Å². The molecular formula is C21H26N4O8. The topological polar surface area (TPSA) is 163 Å². The van der Waals surface area contributed by atoms with Crippen LogP contribution in [-0.4, -0.2) is 85.3 Å². The first kappa shape index (κ1) is 24.1. The molecule has 0 saturated carbocycles. The number of anilines is 1. The first-order chi connectivity index (χ1) is 15.9. The third-order valence-electron chi connectivity index (χ3n) is 5.13. The van der Waals surface area contributed by atoms with Crippen LogP contribution in [0.1, 0.15) is 40.0 Å². The van der Waals surface area contributed by atoms with Crippen LogP contribution in [-0.2, 0) is 19.1 Å². The lowest BCUT2D eigenvalue weighted by atomic mass is 10.0. The Hall–Kier alpha value is -3.51. The van der Waals surface area contributed by atoms with E-state index in [2.05, 4.69) is 16.0 Å². The fourth-order valence-corrected chi connectivity index (χ4v) is 3.62. The van der Waals surface area contributed by atoms with E-state index < -0.39 is 35.8 Å². The summed E-state index contributed by atoms with van der Waals surface area (Å²) in [5.41, 5.74) is 0.888. The average Bonchev–Trinajstić information content (AvgIpc) is 3.03. The number of carboxylic acid groups (broad SMARTS) is 1. The third-order valence-corrected chi connectivity index (χ3v) is 5.13. The first-order valence-electron chi connectivity index (χ1n) is 10.6. The van der Waals surface area contributed by atoms with Crippen molar-refractivity contribution >= 4 is 35.4 Å². The Bertz CT molecular complexity index is 935. The van der Waals surface area contributed by atoms with Crippen LogP contribution in [0.2, 0.25) is 0 Å². The van der Waals surface area contributed by atoms with Gasteiger partial charge in [0.15, 0.2) is 0 Å². The van der Waals surface area contributed by atoms with Gasteiger partial charge in [0.25, 0.3) is 11.8 Å². The zero-order chi connectivity index (χ0) is 23.8. The molecule has 12 heteroatoms. The second-order valence-corrected chi connectivity index (χ2v) is 7.41. The maximum absolute atomic E-state index is 13.0. The number of hydrogen-bond donors (Lipinski definition) is 4. The lowest BCUT2D eigenvalue weighted by molar-refractivity contribution is -0.136. The van der Waals surface area contributed by atoms with Crippen LogP contribution in [0.4, 0.5) is 10.5 Å². The van der Waals surface area contributed by atoms with Crippen LogP contribution in [0.25, 0.3) is 0 Å². The van der Waals surface area contributed by atoms with Crippen LogP contribution < -0.4 is 16.0 Å². The summed E-state index contributed by atoms with van der Waals surface area (Å²) >= 11 is 0. The van der Waals surface area contributed by atoms with Gasteiger partial charge in [0.1, 0.15) is 6.04 Å². The van der Waals surface area contributed by atoms with E-state index in [1.54, 1.807) is 12.1 Å². The lowest BCUT2D eigenvalue weighted by Crippen LogP contribution is -2.54. The van der Waals surface area contributed by atoms with Gasteiger partial charge in [-0.05, 0) is 25.0 Å². The summed E-state index contributed by atoms with van der Waals surface area (Å²) in [5, 5.41) is 15.9. The van der Waals surface area contributed by atoms with Gasteiger partial charge in [0, 0.05) is 38.4 Å². The van der Waals surface area contributed by atoms with Crippen molar-refractivity contribution in [3.63, 3.8) is 0 Å². The highest BCUT2D eigenvalue weighted by atomic mass is 16.5. The standard InChI is InChI=1S/C21H26N4O8/c26-16-6-5-15(18(27)24-16)25-19(28)13-3-1-4-14(17(13)20(25)29)22-7-11-32-9-2-10-33-12-8-23-21(30)31/h1,3-4,15,22-23H,2,5-12H2,(H,30,31)(H,24,26,27). The lowest BCUT2D eigenvalue weighted by Gasteiger charge is -2.27. The molecule has 33 heavy (non-hydrogen) atoms. The third kappa shape index (κ3) is 6.05. The minimum atomic E-state index is -1.09. The smallest absolute Gasteiger partial charge is 0.404 e. The number of hydrogen-bond acceptors (Lipinski definition) is 8. The molecule has 0 aromatic heterocycles. The molecule has 1 unspecified atom stereocenters. The van der Waals surface area contributed by atoms with Gasteiger partial charge in [-0.3, -0.25) is 29.4 Å². The summed E-state index contributed by atoms with van der Waals surface area (Å²) < 4.78 is 10.8. The van der Waals surface area contributed by atoms with Crippen LogP contribution in [0, 0.1) is 0 Å². The fraction of sp³-hybridized carbons (Fsp3) is 0.476. The van der Waals surface area contributed by atoms with E-state index in [4.69, 9.17) is 14.6 Å². The van der Waals surface area contributed by atoms with Crippen molar-refractivity contribution in [3.8, 4) is 0 Å². The number of piperidine rings is 1. The van der Waals surface area contributed by atoms with Crippen molar-refractivity contribution in [1.29, 1.82) is 0 Å². The van der Waals surface area contributed by atoms with Crippen LogP contribution >= 0.6 is 0 Å². The van der Waals surface area contributed by atoms with Gasteiger partial charge in [0.05, 0.1) is 24.3 Å². The molecule has 0 radical (unpaired) electrons. The quantitative estimate of drug-likeness (QED) is 0.251. The summed E-state index contributed by atoms with van der Waals surface area (Å²) in [4.78, 5) is 60.6. The van der Waals surface area contributed by atoms with E-state index in [9.17, 15) is 24.0 Å². The maximum Gasteiger partial charge on any atom is 0.404 e. The summed E-state index contributed by atoms with van der Waals surface area (Å²) in [7, 11) is 0. The number of carbonyl (C=O) groups excluding carboxylic acids is 4. The number of carbonyl (C=O) groups is 5. The number of rotatable bonds is 12. The minimum Gasteiger partial charge on any atom is -0.465 e. The second-order valence-electron chi connectivity index (χ2n) is 7.41. The number of amides is 5. The van der Waals surface area contributed by atoms with Crippen molar-refractivity contribution in [3.05, 3.63) is 29.3 Å². The van der Waals surface area contributed by atoms with Gasteiger partial charge in [-0.2, -0.15) is 0 Å². The van der Waals surface area contributed by atoms with Crippen LogP contribution in [0.5, 0.6) is 0 Å². The molecule has 0 spiro atoms. The normalized spacial score (nSPS) is 17.7. The summed E-state index contributed by atoms with van der Waals surface area (Å²) in [6.07, 6.45) is -0.279. The molecule has 2 heterocycles. The molecule has 1 saturated heterocycles. The second kappa shape index (κ2) is 11.4. The zero-order valence-corrected chi connectivity index (χ0v) is 17.9. The Morgan fingerprint density at radius 2 is 1.79 bits per heavy atom. The molecule has 1 aromatic rings. The molecule has 178 valence electrons. The van der Waals surface area contributed by atoms with E-state index in [1.165, 1.54) is 6.07 Å². The Morgan fingerprint density at radius 1 is 1.06 bits per heavy atom. The molecular weight excluding hydrogens is 436 g/mol. The van der Waals surface area contributed by atoms with E-state index in [0.29, 0.717) is 38.5 Å². The Morgan fingerprint density at radius 3 is 2.48 bits per heavy atom. The number of ether oxygens (including phenoxy) is 2. The van der Waals surface area contributed by atoms with Gasteiger partial charge >= 0.3 is 6.09 Å². The highest BCUT2D eigenvalue weighted by Crippen LogP contribution is 2.32. The zero-order valence-electron chi connectivity index (χ0n) is 17.9. The fourth-order valence-electron chi connectivity index (χ4n) is 3.62. The SMILES string of the molecule is O=C(O)NCCOCCCOCCNc1cccc2c1C(=O)N(C1CCC(=O)NC1=O)C2=O. The number of nitrogens with one attached hydrogen (secondary N) is 3. The van der Waals surface area contributed by atoms with Crippen LogP contribution in [0.3, 0.4) is 0 Å². The van der Waals surface area contributed by atoms with Gasteiger partial charge in [-0.1, -0.05) is 6.07 Å². The molecule has 5 amide bonds. The molecule has 12 nitrogen and oxygen atoms in total. The first-order valence-corrected chi connectivity index (χ1v) is 10.6. The van der Waals surface area contributed by atoms with E-state index in [0.717, 1.165) is 4.90 Å². The summed E-state index contributed by atoms with van der Waals surface area (Å²) in [6, 6.07) is 3.86. The number of fused-ring (bicyclic) bond motifs is 1. The maximum atomic E-state index is 13.0. The molecule has 1 fully saturated rings. The summed E-state index contributed by atoms with van der Waals surface area (Å²) in [6.45, 7) is 2.14. The van der Waals surface area contributed by atoms with Crippen molar-refractivity contribution in [1.82, 2.24) is 15.5 Å². The highest BCUT2D eigenvalue weighted by Gasteiger charge is 2.45. The monoisotopic (exact) mass is 462 g/mol. The van der Waals surface area contributed by atoms with E-state index in [-0.39, 0.29) is 37.1 Å². The molecule has 1 aromatic carbocycles. The minimum absolute atomic E-state index is 0.0660. The molecule has 1 atom stereocenters. The Kier molecular flexibility index (Phi) is 8.33. The van der Waals surface area contributed by atoms with Crippen molar-refractivity contribution < 1.29 is 38.6 Å². The Balaban J connectivity index is 1.44. The van der Waals surface area contributed by atoms with E-state index in [1.807, 2.05) is 0 Å². The predicted molar refractivity (Wildman–Crippen MR) is 114 cm³/mol. The van der Waals surface area contributed by atoms with Gasteiger partial charge in [-0.25, -0.2) is 4.79 Å². The van der Waals surface area contributed by atoms with Crippen molar-refractivity contribution in [2.45, 2.75) is 25.3 Å². The Labute approximate surface area is 189 Å². The average molecular weight is 462 g/mol. The number of imide groups is 2. The van der Waals surface area contributed by atoms with Crippen molar-refractivity contribution in [2.75, 3.05) is 44.8 Å². The molecule has 2 aliphatic rings. The molecule has 0 aliphatic carbocycles. The van der Waals surface area contributed by atoms with Crippen LogP contribution in [0.15, 0.2) is 18.2 Å². The van der Waals surface area contributed by atoms with Gasteiger partial charge in [-0.15, -0.1) is 0 Å². The molecule has 4 N–H and O–H groups in total. The van der Waals surface area contributed by atoms with Gasteiger partial charge < -0.3 is 25.2 Å². The number of benzene rings is 1. The van der Waals surface area contributed by atoms with Gasteiger partial charge in [0.2, 0.25) is 11.8 Å².